The number of aromatic nitrogens is 2. The molecule has 3 aromatic rings. The van der Waals surface area contributed by atoms with E-state index in [0.29, 0.717) is 17.6 Å². The van der Waals surface area contributed by atoms with Crippen LogP contribution in [0, 0.1) is 5.82 Å². The monoisotopic (exact) mass is 368 g/mol. The number of hydrogen-bond acceptors (Lipinski definition) is 3. The van der Waals surface area contributed by atoms with Gasteiger partial charge in [-0.1, -0.05) is 37.6 Å². The maximum Gasteiger partial charge on any atom is 0.287 e. The van der Waals surface area contributed by atoms with Crippen molar-refractivity contribution < 1.29 is 14.0 Å². The lowest BCUT2D eigenvalue weighted by Crippen LogP contribution is -2.26. The number of imidazole rings is 1. The summed E-state index contributed by atoms with van der Waals surface area (Å²) in [5.74, 6) is -1.10. The van der Waals surface area contributed by atoms with E-state index in [4.69, 9.17) is 0 Å². The summed E-state index contributed by atoms with van der Waals surface area (Å²) in [5.41, 5.74) is 1.12. The second-order valence-corrected chi connectivity index (χ2v) is 6.12. The molecule has 1 aromatic carbocycles. The van der Waals surface area contributed by atoms with E-state index >= 15 is 0 Å². The molecule has 7 heteroatoms. The summed E-state index contributed by atoms with van der Waals surface area (Å²) in [6, 6.07) is 11.5. The van der Waals surface area contributed by atoms with Crippen LogP contribution in [0.15, 0.2) is 48.7 Å². The van der Waals surface area contributed by atoms with Crippen LogP contribution in [0.25, 0.3) is 5.52 Å². The van der Waals surface area contributed by atoms with E-state index in [0.717, 1.165) is 12.8 Å². The molecule has 0 fully saturated rings. The molecule has 0 radical (unpaired) electrons. The van der Waals surface area contributed by atoms with E-state index < -0.39 is 5.91 Å². The van der Waals surface area contributed by atoms with Gasteiger partial charge in [-0.05, 0) is 24.6 Å². The molecule has 0 aliphatic carbocycles. The van der Waals surface area contributed by atoms with Crippen LogP contribution in [0.2, 0.25) is 0 Å². The van der Waals surface area contributed by atoms with Crippen molar-refractivity contribution in [3.05, 3.63) is 71.6 Å². The third-order valence-electron chi connectivity index (χ3n) is 4.18. The van der Waals surface area contributed by atoms with Crippen molar-refractivity contribution in [2.75, 3.05) is 6.54 Å². The number of pyridine rings is 1. The number of fused-ring (bicyclic) bond motifs is 1. The van der Waals surface area contributed by atoms with Gasteiger partial charge in [-0.15, -0.1) is 0 Å². The van der Waals surface area contributed by atoms with Gasteiger partial charge in [-0.2, -0.15) is 0 Å². The molecule has 0 unspecified atom stereocenters. The molecule has 6 nitrogen and oxygen atoms in total. The molecular formula is C20H21FN4O2. The third-order valence-corrected chi connectivity index (χ3v) is 4.18. The smallest absolute Gasteiger partial charge is 0.287 e. The number of benzene rings is 1. The normalized spacial score (nSPS) is 10.7. The lowest BCUT2D eigenvalue weighted by Gasteiger charge is -2.05. The van der Waals surface area contributed by atoms with Crippen LogP contribution in [0.3, 0.4) is 0 Å². The molecule has 0 atom stereocenters. The first-order chi connectivity index (χ1) is 13.1. The molecule has 0 bridgehead atoms. The van der Waals surface area contributed by atoms with Crippen molar-refractivity contribution in [1.82, 2.24) is 20.0 Å². The van der Waals surface area contributed by atoms with Gasteiger partial charge in [-0.3, -0.25) is 14.0 Å². The van der Waals surface area contributed by atoms with Gasteiger partial charge in [0.2, 0.25) is 5.82 Å². The Morgan fingerprint density at radius 3 is 2.63 bits per heavy atom. The van der Waals surface area contributed by atoms with Gasteiger partial charge in [0.25, 0.3) is 11.8 Å². The summed E-state index contributed by atoms with van der Waals surface area (Å²) in [6.07, 6.45) is 3.50. The second kappa shape index (κ2) is 8.44. The van der Waals surface area contributed by atoms with Gasteiger partial charge < -0.3 is 10.6 Å². The van der Waals surface area contributed by atoms with Crippen LogP contribution in [0.5, 0.6) is 0 Å². The number of rotatable bonds is 7. The van der Waals surface area contributed by atoms with Crippen LogP contribution < -0.4 is 10.6 Å². The molecule has 2 amide bonds. The van der Waals surface area contributed by atoms with Crippen LogP contribution in [-0.2, 0) is 6.54 Å². The number of carbonyl (C=O) groups is 2. The number of amides is 2. The SMILES string of the molecule is CCCCNC(=O)c1nc(C(=O)NCc2ccccc2F)n2ccccc12. The molecule has 140 valence electrons. The standard InChI is InChI=1S/C20H21FN4O2/c1-2-3-11-22-19(26)17-16-10-6-7-12-25(16)18(24-17)20(27)23-13-14-8-4-5-9-15(14)21/h4-10,12H,2-3,11,13H2,1H3,(H,22,26)(H,23,27). The fourth-order valence-corrected chi connectivity index (χ4v) is 2.72. The Balaban J connectivity index is 1.82. The number of halogens is 1. The van der Waals surface area contributed by atoms with Crippen molar-refractivity contribution in [2.45, 2.75) is 26.3 Å². The predicted molar refractivity (Wildman–Crippen MR) is 100 cm³/mol. The van der Waals surface area contributed by atoms with E-state index in [1.807, 2.05) is 6.92 Å². The molecule has 2 heterocycles. The molecule has 0 aliphatic heterocycles. The zero-order valence-corrected chi connectivity index (χ0v) is 15.0. The van der Waals surface area contributed by atoms with Crippen LogP contribution in [0.4, 0.5) is 4.39 Å². The largest absolute Gasteiger partial charge is 0.351 e. The molecule has 0 spiro atoms. The number of carbonyl (C=O) groups excluding carboxylic acids is 2. The lowest BCUT2D eigenvalue weighted by molar-refractivity contribution is 0.0939. The van der Waals surface area contributed by atoms with Gasteiger partial charge in [0.15, 0.2) is 5.69 Å². The molecular weight excluding hydrogens is 347 g/mol. The number of nitrogens with one attached hydrogen (secondary N) is 2. The maximum absolute atomic E-state index is 13.7. The van der Waals surface area contributed by atoms with Gasteiger partial charge >= 0.3 is 0 Å². The van der Waals surface area contributed by atoms with Gasteiger partial charge in [0, 0.05) is 24.8 Å². The minimum atomic E-state index is -0.480. The van der Waals surface area contributed by atoms with Crippen LogP contribution in [-0.4, -0.2) is 27.7 Å². The molecule has 0 saturated heterocycles. The fourth-order valence-electron chi connectivity index (χ4n) is 2.72. The summed E-state index contributed by atoms with van der Waals surface area (Å²) < 4.78 is 15.3. The summed E-state index contributed by atoms with van der Waals surface area (Å²) in [7, 11) is 0. The highest BCUT2D eigenvalue weighted by Crippen LogP contribution is 2.14. The summed E-state index contributed by atoms with van der Waals surface area (Å²) in [6.45, 7) is 2.62. The topological polar surface area (TPSA) is 75.5 Å². The first-order valence-electron chi connectivity index (χ1n) is 8.88. The molecule has 3 rings (SSSR count). The second-order valence-electron chi connectivity index (χ2n) is 6.12. The zero-order valence-electron chi connectivity index (χ0n) is 15.0. The van der Waals surface area contributed by atoms with E-state index in [9.17, 15) is 14.0 Å². The maximum atomic E-state index is 13.7. The molecule has 2 aromatic heterocycles. The fraction of sp³-hybridized carbons (Fsp3) is 0.250. The molecule has 0 aliphatic rings. The summed E-state index contributed by atoms with van der Waals surface area (Å²) >= 11 is 0. The van der Waals surface area contributed by atoms with E-state index in [-0.39, 0.29) is 29.8 Å². The van der Waals surface area contributed by atoms with Crippen LogP contribution in [0.1, 0.15) is 46.4 Å². The van der Waals surface area contributed by atoms with Crippen molar-refractivity contribution in [3.63, 3.8) is 0 Å². The first-order valence-corrected chi connectivity index (χ1v) is 8.88. The predicted octanol–water partition coefficient (Wildman–Crippen LogP) is 2.93. The zero-order chi connectivity index (χ0) is 19.2. The van der Waals surface area contributed by atoms with Crippen LogP contribution >= 0.6 is 0 Å². The Labute approximate surface area is 156 Å². The average molecular weight is 368 g/mol. The lowest BCUT2D eigenvalue weighted by atomic mass is 10.2. The highest BCUT2D eigenvalue weighted by molar-refractivity contribution is 6.02. The summed E-state index contributed by atoms with van der Waals surface area (Å²) in [5, 5.41) is 5.47. The van der Waals surface area contributed by atoms with Crippen molar-refractivity contribution in [3.8, 4) is 0 Å². The van der Waals surface area contributed by atoms with E-state index in [1.165, 1.54) is 6.07 Å². The molecule has 0 saturated carbocycles. The Kier molecular flexibility index (Phi) is 5.80. The Hall–Kier alpha value is -3.22. The Morgan fingerprint density at radius 2 is 1.85 bits per heavy atom. The number of unbranched alkanes of at least 4 members (excludes halogenated alkanes) is 1. The van der Waals surface area contributed by atoms with Crippen molar-refractivity contribution in [1.29, 1.82) is 0 Å². The molecule has 27 heavy (non-hydrogen) atoms. The van der Waals surface area contributed by atoms with E-state index in [1.54, 1.807) is 47.0 Å². The van der Waals surface area contributed by atoms with Gasteiger partial charge in [-0.25, -0.2) is 9.37 Å². The molecule has 2 N–H and O–H groups in total. The highest BCUT2D eigenvalue weighted by Gasteiger charge is 2.21. The number of hydrogen-bond donors (Lipinski definition) is 2. The summed E-state index contributed by atoms with van der Waals surface area (Å²) in [4.78, 5) is 29.3. The minimum absolute atomic E-state index is 0.0330. The van der Waals surface area contributed by atoms with Crippen molar-refractivity contribution in [2.24, 2.45) is 0 Å². The van der Waals surface area contributed by atoms with Gasteiger partial charge in [0.05, 0.1) is 5.52 Å². The quantitative estimate of drug-likeness (QED) is 0.630. The third kappa shape index (κ3) is 4.13. The van der Waals surface area contributed by atoms with Gasteiger partial charge in [0.1, 0.15) is 5.82 Å². The Bertz CT molecular complexity index is 968. The number of nitrogens with zero attached hydrogens (tertiary/aromatic N) is 2. The van der Waals surface area contributed by atoms with E-state index in [2.05, 4.69) is 15.6 Å². The van der Waals surface area contributed by atoms with Crippen molar-refractivity contribution >= 4 is 17.3 Å². The average Bonchev–Trinajstić information content (AvgIpc) is 3.07. The first kappa shape index (κ1) is 18.6. The minimum Gasteiger partial charge on any atom is -0.351 e. The Morgan fingerprint density at radius 1 is 1.07 bits per heavy atom. The highest BCUT2D eigenvalue weighted by atomic mass is 19.1.